The summed E-state index contributed by atoms with van der Waals surface area (Å²) < 4.78 is 20.6. The lowest BCUT2D eigenvalue weighted by atomic mass is 10.3. The standard InChI is InChI=1S/C4H8BrO3P/c5-9(6)7-3-1-2-4-8-9/h1-4H2. The van der Waals surface area contributed by atoms with Crippen LogP contribution in [0.15, 0.2) is 0 Å². The van der Waals surface area contributed by atoms with Crippen LogP contribution in [0.1, 0.15) is 12.8 Å². The molecule has 0 aliphatic carbocycles. The van der Waals surface area contributed by atoms with Crippen molar-refractivity contribution in [3.8, 4) is 0 Å². The van der Waals surface area contributed by atoms with Crippen molar-refractivity contribution in [2.45, 2.75) is 12.8 Å². The molecule has 1 fully saturated rings. The highest BCUT2D eigenvalue weighted by molar-refractivity contribution is 9.39. The Morgan fingerprint density at radius 1 is 1.22 bits per heavy atom. The van der Waals surface area contributed by atoms with Crippen molar-refractivity contribution >= 4 is 21.8 Å². The quantitative estimate of drug-likeness (QED) is 0.581. The minimum absolute atomic E-state index is 0.530. The van der Waals surface area contributed by atoms with Gasteiger partial charge in [-0.15, -0.1) is 0 Å². The summed E-state index contributed by atoms with van der Waals surface area (Å²) in [5.41, 5.74) is 0. The van der Waals surface area contributed by atoms with Crippen LogP contribution in [0, 0.1) is 0 Å². The smallest absolute Gasteiger partial charge is 0.301 e. The monoisotopic (exact) mass is 214 g/mol. The highest BCUT2D eigenvalue weighted by Crippen LogP contribution is 2.57. The zero-order chi connectivity index (χ0) is 6.74. The molecule has 0 N–H and O–H groups in total. The van der Waals surface area contributed by atoms with Crippen LogP contribution in [-0.4, -0.2) is 13.2 Å². The average molecular weight is 215 g/mol. The molecule has 1 saturated heterocycles. The third-order valence-electron chi connectivity index (χ3n) is 1.03. The first-order valence-electron chi connectivity index (χ1n) is 2.79. The van der Waals surface area contributed by atoms with Crippen molar-refractivity contribution < 1.29 is 13.6 Å². The van der Waals surface area contributed by atoms with Gasteiger partial charge >= 0.3 is 6.30 Å². The Hall–Kier alpha value is 0.630. The summed E-state index contributed by atoms with van der Waals surface area (Å²) >= 11 is 2.85. The molecule has 0 bridgehead atoms. The molecule has 0 aromatic rings. The molecular formula is C4H8BrO3P. The lowest BCUT2D eigenvalue weighted by Crippen LogP contribution is -1.83. The van der Waals surface area contributed by atoms with E-state index in [9.17, 15) is 4.57 Å². The van der Waals surface area contributed by atoms with Crippen LogP contribution < -0.4 is 0 Å². The summed E-state index contributed by atoms with van der Waals surface area (Å²) in [5, 5.41) is 0. The molecule has 0 spiro atoms. The Balaban J connectivity index is 2.45. The topological polar surface area (TPSA) is 35.5 Å². The summed E-state index contributed by atoms with van der Waals surface area (Å²) in [5.74, 6) is 0. The molecule has 0 atom stereocenters. The van der Waals surface area contributed by atoms with Gasteiger partial charge in [0.2, 0.25) is 0 Å². The third-order valence-corrected chi connectivity index (χ3v) is 3.24. The van der Waals surface area contributed by atoms with E-state index in [1.807, 2.05) is 0 Å². The van der Waals surface area contributed by atoms with E-state index in [-0.39, 0.29) is 0 Å². The maximum atomic E-state index is 10.9. The van der Waals surface area contributed by atoms with E-state index in [1.54, 1.807) is 0 Å². The van der Waals surface area contributed by atoms with Crippen LogP contribution in [0.5, 0.6) is 0 Å². The molecule has 0 unspecified atom stereocenters. The van der Waals surface area contributed by atoms with Gasteiger partial charge in [-0.05, 0) is 12.8 Å². The predicted molar refractivity (Wildman–Crippen MR) is 37.7 cm³/mol. The summed E-state index contributed by atoms with van der Waals surface area (Å²) in [6.07, 6.45) is -0.965. The van der Waals surface area contributed by atoms with Crippen molar-refractivity contribution in [3.63, 3.8) is 0 Å². The van der Waals surface area contributed by atoms with Gasteiger partial charge in [-0.2, -0.15) is 0 Å². The van der Waals surface area contributed by atoms with Crippen LogP contribution >= 0.6 is 21.8 Å². The second kappa shape index (κ2) is 3.15. The van der Waals surface area contributed by atoms with Gasteiger partial charge in [0.15, 0.2) is 0 Å². The van der Waals surface area contributed by atoms with Crippen molar-refractivity contribution in [1.82, 2.24) is 0 Å². The van der Waals surface area contributed by atoms with Crippen LogP contribution in [0.2, 0.25) is 0 Å². The molecule has 0 saturated carbocycles. The molecular weight excluding hydrogens is 207 g/mol. The normalized spacial score (nSPS) is 27.2. The van der Waals surface area contributed by atoms with Crippen molar-refractivity contribution in [3.05, 3.63) is 0 Å². The van der Waals surface area contributed by atoms with E-state index in [0.29, 0.717) is 13.2 Å². The van der Waals surface area contributed by atoms with E-state index < -0.39 is 6.30 Å². The Bertz CT molecular complexity index is 126. The van der Waals surface area contributed by atoms with E-state index >= 15 is 0 Å². The molecule has 3 nitrogen and oxygen atoms in total. The minimum Gasteiger partial charge on any atom is -0.301 e. The number of hydrogen-bond donors (Lipinski definition) is 0. The molecule has 0 amide bonds. The van der Waals surface area contributed by atoms with E-state index in [4.69, 9.17) is 9.05 Å². The Morgan fingerprint density at radius 3 is 2.11 bits per heavy atom. The third kappa shape index (κ3) is 2.80. The first kappa shape index (κ1) is 7.73. The molecule has 9 heavy (non-hydrogen) atoms. The molecule has 5 heteroatoms. The number of hydrogen-bond acceptors (Lipinski definition) is 3. The van der Waals surface area contributed by atoms with Crippen molar-refractivity contribution in [1.29, 1.82) is 0 Å². The molecule has 0 aromatic heterocycles. The first-order chi connectivity index (χ1) is 4.21. The van der Waals surface area contributed by atoms with Gasteiger partial charge < -0.3 is 9.05 Å². The average Bonchev–Trinajstić information content (AvgIpc) is 1.92. The van der Waals surface area contributed by atoms with Gasteiger partial charge in [0.1, 0.15) is 0 Å². The molecule has 1 rings (SSSR count). The van der Waals surface area contributed by atoms with Crippen LogP contribution in [-0.2, 0) is 13.6 Å². The second-order valence-electron chi connectivity index (χ2n) is 1.80. The zero-order valence-electron chi connectivity index (χ0n) is 4.88. The summed E-state index contributed by atoms with van der Waals surface area (Å²) in [6.45, 7) is 1.06. The van der Waals surface area contributed by atoms with Crippen LogP contribution in [0.25, 0.3) is 0 Å². The molecule has 1 aliphatic rings. The Labute approximate surface area is 62.0 Å². The minimum atomic E-state index is -2.82. The van der Waals surface area contributed by atoms with Gasteiger partial charge in [0, 0.05) is 15.5 Å². The number of rotatable bonds is 0. The van der Waals surface area contributed by atoms with Gasteiger partial charge in [-0.1, -0.05) is 0 Å². The SMILES string of the molecule is O=P1(Br)OCCCCO1. The molecule has 1 heterocycles. The maximum Gasteiger partial charge on any atom is 0.396 e. The lowest BCUT2D eigenvalue weighted by molar-refractivity contribution is 0.258. The Kier molecular flexibility index (Phi) is 2.71. The first-order valence-corrected chi connectivity index (χ1v) is 6.36. The molecule has 0 radical (unpaired) electrons. The molecule has 0 aromatic carbocycles. The predicted octanol–water partition coefficient (Wildman–Crippen LogP) is 2.32. The highest BCUT2D eigenvalue weighted by atomic mass is 79.9. The fraction of sp³-hybridized carbons (Fsp3) is 1.00. The van der Waals surface area contributed by atoms with Crippen molar-refractivity contribution in [2.75, 3.05) is 13.2 Å². The largest absolute Gasteiger partial charge is 0.396 e. The van der Waals surface area contributed by atoms with Gasteiger partial charge in [0.25, 0.3) is 0 Å². The summed E-state index contributed by atoms with van der Waals surface area (Å²) in [6, 6.07) is 0. The Morgan fingerprint density at radius 2 is 1.67 bits per heavy atom. The molecule has 54 valence electrons. The maximum absolute atomic E-state index is 10.9. The fourth-order valence-electron chi connectivity index (χ4n) is 0.589. The van der Waals surface area contributed by atoms with Crippen molar-refractivity contribution in [2.24, 2.45) is 0 Å². The van der Waals surface area contributed by atoms with E-state index in [0.717, 1.165) is 12.8 Å². The van der Waals surface area contributed by atoms with E-state index in [2.05, 4.69) is 15.5 Å². The second-order valence-corrected chi connectivity index (χ2v) is 5.79. The van der Waals surface area contributed by atoms with Crippen LogP contribution in [0.3, 0.4) is 0 Å². The lowest BCUT2D eigenvalue weighted by Gasteiger charge is -2.05. The van der Waals surface area contributed by atoms with Gasteiger partial charge in [0.05, 0.1) is 13.2 Å². The van der Waals surface area contributed by atoms with E-state index in [1.165, 1.54) is 0 Å². The van der Waals surface area contributed by atoms with Gasteiger partial charge in [-0.25, -0.2) is 4.57 Å². The highest BCUT2D eigenvalue weighted by Gasteiger charge is 2.21. The molecule has 1 aliphatic heterocycles. The summed E-state index contributed by atoms with van der Waals surface area (Å²) in [4.78, 5) is 0. The summed E-state index contributed by atoms with van der Waals surface area (Å²) in [7, 11) is 0. The fourth-order valence-corrected chi connectivity index (χ4v) is 2.23. The zero-order valence-corrected chi connectivity index (χ0v) is 7.36. The number of halogens is 1. The van der Waals surface area contributed by atoms with Crippen LogP contribution in [0.4, 0.5) is 0 Å². The van der Waals surface area contributed by atoms with Gasteiger partial charge in [-0.3, -0.25) is 0 Å².